The van der Waals surface area contributed by atoms with Gasteiger partial charge in [-0.1, -0.05) is 13.3 Å². The Labute approximate surface area is 181 Å². The molecule has 3 aromatic rings. The predicted octanol–water partition coefficient (Wildman–Crippen LogP) is 3.68. The lowest BCUT2D eigenvalue weighted by atomic mass is 9.93. The number of anilines is 1. The molecule has 0 atom stereocenters. The van der Waals surface area contributed by atoms with Gasteiger partial charge in [-0.25, -0.2) is 13.4 Å². The van der Waals surface area contributed by atoms with Crippen LogP contribution < -0.4 is 15.0 Å². The Morgan fingerprint density at radius 1 is 1.17 bits per heavy atom. The fourth-order valence-electron chi connectivity index (χ4n) is 3.50. The van der Waals surface area contributed by atoms with Gasteiger partial charge in [-0.05, 0) is 49.9 Å². The number of fused-ring (bicyclic) bond motifs is 1. The minimum Gasteiger partial charge on any atom is -0.491 e. The summed E-state index contributed by atoms with van der Waals surface area (Å²) in [4.78, 5) is 22.6. The van der Waals surface area contributed by atoms with Crippen molar-refractivity contribution >= 4 is 39.2 Å². The molecule has 3 N–H and O–H groups in total. The third kappa shape index (κ3) is 4.79. The van der Waals surface area contributed by atoms with E-state index in [2.05, 4.69) is 26.6 Å². The number of aromatic nitrogens is 3. The minimum absolute atomic E-state index is 0. The molecule has 30 heavy (non-hydrogen) atoms. The lowest BCUT2D eigenvalue weighted by molar-refractivity contribution is 0.408. The zero-order valence-electron chi connectivity index (χ0n) is 17.7. The van der Waals surface area contributed by atoms with Crippen LogP contribution in [0, 0.1) is 13.8 Å². The van der Waals surface area contributed by atoms with Gasteiger partial charge >= 0.3 is 0 Å². The Morgan fingerprint density at radius 3 is 2.47 bits per heavy atom. The molecule has 0 bridgehead atoms. The summed E-state index contributed by atoms with van der Waals surface area (Å²) >= 11 is 0. The number of methoxy groups -OCH3 is 1. The molecule has 0 aliphatic rings. The highest BCUT2D eigenvalue weighted by Gasteiger charge is 2.21. The Hall–Kier alpha value is -2.52. The molecule has 10 heteroatoms. The largest absolute Gasteiger partial charge is 0.491 e. The summed E-state index contributed by atoms with van der Waals surface area (Å²) in [7, 11) is -2.08. The van der Waals surface area contributed by atoms with Crippen LogP contribution in [0.25, 0.3) is 22.2 Å². The Balaban J connectivity index is 0.00000320. The van der Waals surface area contributed by atoms with Crippen molar-refractivity contribution in [3.8, 4) is 16.9 Å². The van der Waals surface area contributed by atoms with Crippen LogP contribution in [0.5, 0.6) is 5.75 Å². The first-order chi connectivity index (χ1) is 13.6. The van der Waals surface area contributed by atoms with Crippen LogP contribution in [0.3, 0.4) is 0 Å². The van der Waals surface area contributed by atoms with E-state index in [1.165, 1.54) is 7.11 Å². The highest BCUT2D eigenvalue weighted by molar-refractivity contribution is 7.92. The van der Waals surface area contributed by atoms with Gasteiger partial charge < -0.3 is 14.7 Å². The molecule has 1 aromatic carbocycles. The van der Waals surface area contributed by atoms with Gasteiger partial charge in [0.25, 0.3) is 5.56 Å². The van der Waals surface area contributed by atoms with E-state index in [0.717, 1.165) is 35.8 Å². The second-order valence-corrected chi connectivity index (χ2v) is 8.93. The zero-order chi connectivity index (χ0) is 21.3. The number of ether oxygens (including phenoxy) is 1. The third-order valence-corrected chi connectivity index (χ3v) is 5.36. The maximum absolute atomic E-state index is 12.1. The number of nitrogens with zero attached hydrogens (tertiary/aromatic N) is 1. The number of hydrogen-bond donors (Lipinski definition) is 3. The van der Waals surface area contributed by atoms with Gasteiger partial charge in [0.05, 0.1) is 24.6 Å². The van der Waals surface area contributed by atoms with Crippen molar-refractivity contribution in [2.75, 3.05) is 18.1 Å². The summed E-state index contributed by atoms with van der Waals surface area (Å²) in [5, 5.41) is 0. The van der Waals surface area contributed by atoms with Gasteiger partial charge in [-0.15, -0.1) is 12.4 Å². The second kappa shape index (κ2) is 9.09. The number of halogens is 1. The first-order valence-electron chi connectivity index (χ1n) is 9.42. The molecule has 0 unspecified atom stereocenters. The molecule has 2 aromatic heterocycles. The summed E-state index contributed by atoms with van der Waals surface area (Å²) in [6, 6.07) is 3.64. The zero-order valence-corrected chi connectivity index (χ0v) is 19.3. The summed E-state index contributed by atoms with van der Waals surface area (Å²) in [6.07, 6.45) is 3.61. The van der Waals surface area contributed by atoms with Crippen molar-refractivity contribution in [1.29, 1.82) is 0 Å². The average Bonchev–Trinajstić information content (AvgIpc) is 3.00. The fourth-order valence-corrected chi connectivity index (χ4v) is 4.09. The number of unbranched alkanes of at least 4 members (excludes halogenated alkanes) is 1. The molecule has 0 aliphatic carbocycles. The third-order valence-electron chi connectivity index (χ3n) is 4.78. The van der Waals surface area contributed by atoms with Crippen molar-refractivity contribution < 1.29 is 13.2 Å². The number of benzene rings is 1. The van der Waals surface area contributed by atoms with E-state index < -0.39 is 10.0 Å². The van der Waals surface area contributed by atoms with Gasteiger partial charge in [0.15, 0.2) is 5.75 Å². The molecule has 0 amide bonds. The van der Waals surface area contributed by atoms with E-state index in [-0.39, 0.29) is 23.7 Å². The van der Waals surface area contributed by atoms with Crippen LogP contribution in [0.15, 0.2) is 16.9 Å². The van der Waals surface area contributed by atoms with Crippen LogP contribution in [0.1, 0.15) is 36.8 Å². The van der Waals surface area contributed by atoms with Crippen molar-refractivity contribution in [2.24, 2.45) is 0 Å². The molecule has 0 aliphatic heterocycles. The van der Waals surface area contributed by atoms with Gasteiger partial charge in [-0.2, -0.15) is 0 Å². The quantitative estimate of drug-likeness (QED) is 0.503. The number of nitrogens with one attached hydrogen (secondary N) is 3. The van der Waals surface area contributed by atoms with Gasteiger partial charge in [0, 0.05) is 11.3 Å². The second-order valence-electron chi connectivity index (χ2n) is 7.18. The fraction of sp³-hybridized carbons (Fsp3) is 0.400. The molecule has 0 spiro atoms. The monoisotopic (exact) mass is 454 g/mol. The molecule has 164 valence electrons. The number of aromatic amines is 2. The summed E-state index contributed by atoms with van der Waals surface area (Å²) in [6.45, 7) is 5.71. The lowest BCUT2D eigenvalue weighted by Crippen LogP contribution is -2.14. The Kier molecular flexibility index (Phi) is 7.20. The molecular formula is C20H27ClN4O4S. The van der Waals surface area contributed by atoms with Crippen molar-refractivity contribution in [3.63, 3.8) is 0 Å². The van der Waals surface area contributed by atoms with E-state index in [9.17, 15) is 13.2 Å². The molecule has 0 radical (unpaired) electrons. The highest BCUT2D eigenvalue weighted by Crippen LogP contribution is 2.38. The van der Waals surface area contributed by atoms with Crippen molar-refractivity contribution in [3.05, 3.63) is 39.6 Å². The standard InChI is InChI=1S/C20H26N4O4S.ClH/c1-6-7-8-13-15(14-10-17(28-4)20(25)21-11(14)2)9-16-19(23-12(3)22-16)18(13)24-29(5,26)27;/h9-10,24H,6-8H2,1-5H3,(H,21,25)(H,22,23);1H. The molecule has 0 saturated heterocycles. The highest BCUT2D eigenvalue weighted by atomic mass is 35.5. The molecule has 2 heterocycles. The number of aryl methyl sites for hydroxylation is 2. The number of sulfonamides is 1. The smallest absolute Gasteiger partial charge is 0.290 e. The SMILES string of the molecule is CCCCc1c(-c2cc(OC)c(=O)[nH]c2C)cc2[nH]c(C)nc2c1NS(C)(=O)=O.Cl. The number of H-pyrrole nitrogens is 2. The van der Waals surface area contributed by atoms with Crippen LogP contribution >= 0.6 is 12.4 Å². The molecule has 8 nitrogen and oxygen atoms in total. The van der Waals surface area contributed by atoms with Crippen LogP contribution in [0.4, 0.5) is 5.69 Å². The van der Waals surface area contributed by atoms with E-state index in [4.69, 9.17) is 4.74 Å². The van der Waals surface area contributed by atoms with Crippen LogP contribution in [0.2, 0.25) is 0 Å². The lowest BCUT2D eigenvalue weighted by Gasteiger charge is -2.18. The predicted molar refractivity (Wildman–Crippen MR) is 123 cm³/mol. The Bertz CT molecular complexity index is 1230. The number of imidazole rings is 1. The van der Waals surface area contributed by atoms with Gasteiger partial charge in [-0.3, -0.25) is 9.52 Å². The first kappa shape index (κ1) is 23.8. The molecule has 0 fully saturated rings. The van der Waals surface area contributed by atoms with E-state index in [1.807, 2.05) is 19.9 Å². The number of pyridine rings is 1. The molecule has 0 saturated carbocycles. The number of hydrogen-bond acceptors (Lipinski definition) is 5. The topological polar surface area (TPSA) is 117 Å². The minimum atomic E-state index is -3.52. The molecule has 3 rings (SSSR count). The number of rotatable bonds is 7. The van der Waals surface area contributed by atoms with E-state index in [1.54, 1.807) is 6.07 Å². The maximum Gasteiger partial charge on any atom is 0.290 e. The summed E-state index contributed by atoms with van der Waals surface area (Å²) in [5.41, 5.74) is 4.58. The van der Waals surface area contributed by atoms with Gasteiger partial charge in [0.1, 0.15) is 11.3 Å². The van der Waals surface area contributed by atoms with Crippen molar-refractivity contribution in [2.45, 2.75) is 40.0 Å². The average molecular weight is 455 g/mol. The van der Waals surface area contributed by atoms with Crippen LogP contribution in [-0.2, 0) is 16.4 Å². The van der Waals surface area contributed by atoms with E-state index in [0.29, 0.717) is 34.7 Å². The summed E-state index contributed by atoms with van der Waals surface area (Å²) < 4.78 is 32.1. The first-order valence-corrected chi connectivity index (χ1v) is 11.3. The van der Waals surface area contributed by atoms with Crippen LogP contribution in [-0.4, -0.2) is 36.7 Å². The summed E-state index contributed by atoms with van der Waals surface area (Å²) in [5.74, 6) is 0.886. The normalized spacial score (nSPS) is 11.4. The van der Waals surface area contributed by atoms with Gasteiger partial charge in [0.2, 0.25) is 10.0 Å². The van der Waals surface area contributed by atoms with Crippen molar-refractivity contribution in [1.82, 2.24) is 15.0 Å². The maximum atomic E-state index is 12.1. The Morgan fingerprint density at radius 2 is 1.87 bits per heavy atom. The molecular weight excluding hydrogens is 428 g/mol. The van der Waals surface area contributed by atoms with E-state index >= 15 is 0 Å².